The predicted octanol–water partition coefficient (Wildman–Crippen LogP) is 4.12. The van der Waals surface area contributed by atoms with E-state index in [4.69, 9.17) is 9.47 Å². The molecule has 3 aromatic carbocycles. The van der Waals surface area contributed by atoms with Gasteiger partial charge in [0.25, 0.3) is 0 Å². The smallest absolute Gasteiger partial charge is 0.408 e. The molecule has 0 aliphatic heterocycles. The molecule has 0 bridgehead atoms. The molecular weight excluding hydrogens is 394 g/mol. The third kappa shape index (κ3) is 6.02. The van der Waals surface area contributed by atoms with Crippen molar-refractivity contribution in [3.63, 3.8) is 0 Å². The number of methoxy groups -OCH3 is 1. The van der Waals surface area contributed by atoms with E-state index in [2.05, 4.69) is 5.32 Å². The van der Waals surface area contributed by atoms with Crippen molar-refractivity contribution < 1.29 is 23.9 Å². The molecule has 6 heteroatoms. The van der Waals surface area contributed by atoms with Crippen LogP contribution in [0.15, 0.2) is 91.0 Å². The van der Waals surface area contributed by atoms with Crippen LogP contribution in [0, 0.1) is 0 Å². The van der Waals surface area contributed by atoms with Crippen molar-refractivity contribution in [1.82, 2.24) is 5.32 Å². The molecule has 0 fully saturated rings. The van der Waals surface area contributed by atoms with Crippen LogP contribution in [0.5, 0.6) is 0 Å². The van der Waals surface area contributed by atoms with Crippen LogP contribution in [-0.2, 0) is 20.7 Å². The number of hydrogen-bond acceptors (Lipinski definition) is 5. The van der Waals surface area contributed by atoms with Gasteiger partial charge < -0.3 is 14.8 Å². The third-order valence-electron chi connectivity index (χ3n) is 4.68. The van der Waals surface area contributed by atoms with E-state index in [1.54, 1.807) is 60.7 Å². The van der Waals surface area contributed by atoms with Crippen molar-refractivity contribution in [3.8, 4) is 0 Å². The average molecular weight is 417 g/mol. The molecule has 0 saturated heterocycles. The van der Waals surface area contributed by atoms with E-state index in [-0.39, 0.29) is 12.2 Å². The van der Waals surface area contributed by atoms with Gasteiger partial charge in [-0.2, -0.15) is 0 Å². The maximum Gasteiger partial charge on any atom is 0.408 e. The minimum absolute atomic E-state index is 0.227. The highest BCUT2D eigenvalue weighted by atomic mass is 16.6. The van der Waals surface area contributed by atoms with Gasteiger partial charge in [-0.15, -0.1) is 0 Å². The van der Waals surface area contributed by atoms with E-state index < -0.39 is 24.2 Å². The highest BCUT2D eigenvalue weighted by molar-refractivity contribution is 6.01. The third-order valence-corrected chi connectivity index (χ3v) is 4.68. The number of amides is 1. The second-order valence-electron chi connectivity index (χ2n) is 6.84. The van der Waals surface area contributed by atoms with E-state index in [1.807, 2.05) is 30.3 Å². The lowest BCUT2D eigenvalue weighted by atomic mass is 10.00. The molecule has 1 amide bonds. The first kappa shape index (κ1) is 21.8. The lowest BCUT2D eigenvalue weighted by Gasteiger charge is -2.21. The fourth-order valence-corrected chi connectivity index (χ4v) is 3.12. The summed E-state index contributed by atoms with van der Waals surface area (Å²) in [5.41, 5.74) is 1.79. The average Bonchev–Trinajstić information content (AvgIpc) is 2.83. The summed E-state index contributed by atoms with van der Waals surface area (Å²) >= 11 is 0. The Balaban J connectivity index is 1.78. The van der Waals surface area contributed by atoms with E-state index in [0.717, 1.165) is 5.56 Å². The number of nitrogens with one attached hydrogen (secondary N) is 1. The van der Waals surface area contributed by atoms with Crippen molar-refractivity contribution in [2.45, 2.75) is 18.6 Å². The number of hydrogen-bond donors (Lipinski definition) is 1. The van der Waals surface area contributed by atoms with Crippen LogP contribution >= 0.6 is 0 Å². The molecule has 2 unspecified atom stereocenters. The van der Waals surface area contributed by atoms with Crippen LogP contribution < -0.4 is 5.32 Å². The maximum absolute atomic E-state index is 13.1. The van der Waals surface area contributed by atoms with Crippen molar-refractivity contribution >= 4 is 17.8 Å². The Hall–Kier alpha value is -3.93. The summed E-state index contributed by atoms with van der Waals surface area (Å²) in [4.78, 5) is 37.9. The van der Waals surface area contributed by atoms with Crippen LogP contribution in [0.4, 0.5) is 4.79 Å². The number of carbonyl (C=O) groups excluding carboxylic acids is 3. The summed E-state index contributed by atoms with van der Waals surface area (Å²) in [6, 6.07) is 25.6. The predicted molar refractivity (Wildman–Crippen MR) is 116 cm³/mol. The quantitative estimate of drug-likeness (QED) is 0.440. The zero-order chi connectivity index (χ0) is 22.1. The van der Waals surface area contributed by atoms with E-state index in [1.165, 1.54) is 7.11 Å². The molecule has 6 nitrogen and oxygen atoms in total. The monoisotopic (exact) mass is 417 g/mol. The number of Topliss-reactive ketones (excluding diaryl/α,β-unsaturated/α-hetero) is 1. The molecule has 31 heavy (non-hydrogen) atoms. The molecule has 0 aromatic heterocycles. The zero-order valence-corrected chi connectivity index (χ0v) is 17.1. The first-order chi connectivity index (χ1) is 15.1. The number of alkyl carbamates (subject to hydrolysis) is 1. The molecule has 0 aliphatic rings. The Morgan fingerprint density at radius 3 is 1.94 bits per heavy atom. The van der Waals surface area contributed by atoms with Gasteiger partial charge in [0.15, 0.2) is 6.10 Å². The lowest BCUT2D eigenvalue weighted by molar-refractivity contribution is -0.143. The van der Waals surface area contributed by atoms with Gasteiger partial charge >= 0.3 is 12.1 Å². The Morgan fingerprint density at radius 2 is 1.35 bits per heavy atom. The van der Waals surface area contributed by atoms with Crippen molar-refractivity contribution in [2.24, 2.45) is 0 Å². The van der Waals surface area contributed by atoms with Crippen LogP contribution in [0.3, 0.4) is 0 Å². The zero-order valence-electron chi connectivity index (χ0n) is 17.1. The molecule has 158 valence electrons. The fraction of sp³-hybridized carbons (Fsp3) is 0.160. The van der Waals surface area contributed by atoms with Crippen LogP contribution in [0.25, 0.3) is 0 Å². The van der Waals surface area contributed by atoms with Crippen LogP contribution in [-0.4, -0.2) is 31.0 Å². The molecule has 3 rings (SSSR count). The van der Waals surface area contributed by atoms with Crippen molar-refractivity contribution in [3.05, 3.63) is 108 Å². The highest BCUT2D eigenvalue weighted by Crippen LogP contribution is 2.23. The normalized spacial score (nSPS) is 12.3. The van der Waals surface area contributed by atoms with Gasteiger partial charge in [0, 0.05) is 17.5 Å². The number of ketones is 1. The van der Waals surface area contributed by atoms with Crippen molar-refractivity contribution in [1.29, 1.82) is 0 Å². The Kier molecular flexibility index (Phi) is 7.54. The second-order valence-corrected chi connectivity index (χ2v) is 6.84. The molecule has 0 aliphatic carbocycles. The fourth-order valence-electron chi connectivity index (χ4n) is 3.12. The molecule has 0 saturated carbocycles. The minimum atomic E-state index is -1.15. The van der Waals surface area contributed by atoms with Gasteiger partial charge in [-0.1, -0.05) is 91.0 Å². The number of ether oxygens (including phenoxy) is 2. The summed E-state index contributed by atoms with van der Waals surface area (Å²) in [6.07, 6.45) is -1.81. The molecular formula is C25H23NO5. The standard InChI is InChI=1S/C25H23NO5/c1-30-24(28)21(17-18-11-5-2-6-12-18)26-25(29)31-23(20-15-9-4-10-16-20)22(27)19-13-7-3-8-14-19/h2-16,21,23H,17H2,1H3,(H,26,29). The molecule has 0 heterocycles. The highest BCUT2D eigenvalue weighted by Gasteiger charge is 2.29. The Labute approximate surface area is 180 Å². The molecule has 3 aromatic rings. The SMILES string of the molecule is COC(=O)C(Cc1ccccc1)NC(=O)OC(C(=O)c1ccccc1)c1ccccc1. The summed E-state index contributed by atoms with van der Waals surface area (Å²) in [6.45, 7) is 0. The van der Waals surface area contributed by atoms with Gasteiger partial charge in [0.2, 0.25) is 5.78 Å². The van der Waals surface area contributed by atoms with Gasteiger partial charge in [0.1, 0.15) is 6.04 Å². The minimum Gasteiger partial charge on any atom is -0.467 e. The van der Waals surface area contributed by atoms with Crippen molar-refractivity contribution in [2.75, 3.05) is 7.11 Å². The number of benzene rings is 3. The Morgan fingerprint density at radius 1 is 0.806 bits per heavy atom. The second kappa shape index (κ2) is 10.7. The van der Waals surface area contributed by atoms with Crippen LogP contribution in [0.1, 0.15) is 27.6 Å². The topological polar surface area (TPSA) is 81.7 Å². The van der Waals surface area contributed by atoms with E-state index in [0.29, 0.717) is 11.1 Å². The summed E-state index contributed by atoms with van der Waals surface area (Å²) in [5.74, 6) is -0.967. The number of carbonyl (C=O) groups is 3. The largest absolute Gasteiger partial charge is 0.467 e. The Bertz CT molecular complexity index is 1010. The first-order valence-corrected chi connectivity index (χ1v) is 9.81. The van der Waals surface area contributed by atoms with E-state index >= 15 is 0 Å². The van der Waals surface area contributed by atoms with E-state index in [9.17, 15) is 14.4 Å². The van der Waals surface area contributed by atoms with Gasteiger partial charge in [-0.25, -0.2) is 9.59 Å². The van der Waals surface area contributed by atoms with Crippen LogP contribution in [0.2, 0.25) is 0 Å². The van der Waals surface area contributed by atoms with Gasteiger partial charge in [-0.05, 0) is 5.56 Å². The molecule has 0 radical (unpaired) electrons. The maximum atomic E-state index is 13.1. The molecule has 0 spiro atoms. The van der Waals surface area contributed by atoms with Gasteiger partial charge in [0.05, 0.1) is 7.11 Å². The molecule has 2 atom stereocenters. The first-order valence-electron chi connectivity index (χ1n) is 9.81. The molecule has 1 N–H and O–H groups in total. The lowest BCUT2D eigenvalue weighted by Crippen LogP contribution is -2.44. The summed E-state index contributed by atoms with van der Waals surface area (Å²) in [7, 11) is 1.25. The summed E-state index contributed by atoms with van der Waals surface area (Å²) in [5, 5.41) is 2.53. The summed E-state index contributed by atoms with van der Waals surface area (Å²) < 4.78 is 10.3. The number of esters is 1. The van der Waals surface area contributed by atoms with Gasteiger partial charge in [-0.3, -0.25) is 4.79 Å². The number of rotatable bonds is 8.